The molecule has 1 aliphatic rings. The lowest BCUT2D eigenvalue weighted by Crippen LogP contribution is -2.33. The third-order valence-electron chi connectivity index (χ3n) is 5.57. The molecule has 0 saturated carbocycles. The third kappa shape index (κ3) is 3.26. The maximum absolute atomic E-state index is 11.7. The number of ether oxygens (including phenoxy) is 1. The Morgan fingerprint density at radius 1 is 1.17 bits per heavy atom. The molecular formula is C20H20BN5O3S. The standard InChI is InChI=1S/C20H20BN5O3S/c21-17-18(22)26-19(25-20(17)29-14-5-7-30(27,28)8-6-14)15(11-24-26)13-9-12-3-1-2-4-16(12)23-10-13/h1-4,9-11,14H,5-8,21-22H2. The average Bonchev–Trinajstić information content (AvgIpc) is 3.17. The van der Waals surface area contributed by atoms with E-state index < -0.39 is 9.84 Å². The molecule has 1 saturated heterocycles. The van der Waals surface area contributed by atoms with E-state index >= 15 is 0 Å². The zero-order chi connectivity index (χ0) is 20.9. The van der Waals surface area contributed by atoms with Gasteiger partial charge in [-0.1, -0.05) is 18.2 Å². The number of hydrogen-bond acceptors (Lipinski definition) is 7. The molecule has 0 unspecified atom stereocenters. The van der Waals surface area contributed by atoms with Crippen molar-refractivity contribution in [2.24, 2.45) is 0 Å². The van der Waals surface area contributed by atoms with E-state index in [9.17, 15) is 8.42 Å². The van der Waals surface area contributed by atoms with Crippen molar-refractivity contribution in [2.75, 3.05) is 17.2 Å². The van der Waals surface area contributed by atoms with Crippen LogP contribution < -0.4 is 15.9 Å². The van der Waals surface area contributed by atoms with E-state index in [1.807, 2.05) is 38.2 Å². The van der Waals surface area contributed by atoms with Crippen LogP contribution >= 0.6 is 0 Å². The molecular weight excluding hydrogens is 401 g/mol. The summed E-state index contributed by atoms with van der Waals surface area (Å²) in [7, 11) is -1.13. The van der Waals surface area contributed by atoms with Gasteiger partial charge >= 0.3 is 0 Å². The third-order valence-corrected chi connectivity index (χ3v) is 7.28. The van der Waals surface area contributed by atoms with Gasteiger partial charge in [0.15, 0.2) is 23.3 Å². The number of rotatable bonds is 3. The first-order valence-corrected chi connectivity index (χ1v) is 11.6. The fourth-order valence-corrected chi connectivity index (χ4v) is 5.20. The van der Waals surface area contributed by atoms with Gasteiger partial charge in [-0.15, -0.1) is 0 Å². The summed E-state index contributed by atoms with van der Waals surface area (Å²) < 4.78 is 31.1. The smallest absolute Gasteiger partial charge is 0.212 e. The number of pyridine rings is 1. The van der Waals surface area contributed by atoms with Gasteiger partial charge < -0.3 is 10.5 Å². The van der Waals surface area contributed by atoms with Crippen LogP contribution in [0.5, 0.6) is 5.88 Å². The summed E-state index contributed by atoms with van der Waals surface area (Å²) in [5.41, 5.74) is 10.2. The van der Waals surface area contributed by atoms with Crippen LogP contribution in [0.15, 0.2) is 42.7 Å². The van der Waals surface area contributed by atoms with E-state index in [1.165, 1.54) is 0 Å². The molecule has 1 aliphatic heterocycles. The molecule has 0 aliphatic carbocycles. The zero-order valence-corrected chi connectivity index (χ0v) is 17.3. The Bertz CT molecular complexity index is 1370. The number of benzene rings is 1. The maximum Gasteiger partial charge on any atom is 0.212 e. The van der Waals surface area contributed by atoms with Crippen molar-refractivity contribution in [3.8, 4) is 17.0 Å². The minimum atomic E-state index is -2.96. The number of anilines is 1. The van der Waals surface area contributed by atoms with E-state index in [0.29, 0.717) is 35.6 Å². The summed E-state index contributed by atoms with van der Waals surface area (Å²) >= 11 is 0. The second-order valence-electron chi connectivity index (χ2n) is 7.61. The lowest BCUT2D eigenvalue weighted by Gasteiger charge is -2.24. The monoisotopic (exact) mass is 421 g/mol. The first-order chi connectivity index (χ1) is 14.4. The van der Waals surface area contributed by atoms with Crippen LogP contribution in [0.1, 0.15) is 12.8 Å². The topological polar surface area (TPSA) is 112 Å². The molecule has 3 aromatic heterocycles. The average molecular weight is 421 g/mol. The summed E-state index contributed by atoms with van der Waals surface area (Å²) in [6.07, 6.45) is 4.23. The van der Waals surface area contributed by atoms with Gasteiger partial charge in [0, 0.05) is 28.2 Å². The van der Waals surface area contributed by atoms with Gasteiger partial charge in [0.1, 0.15) is 11.9 Å². The maximum atomic E-state index is 11.7. The molecule has 4 aromatic rings. The van der Waals surface area contributed by atoms with Crippen molar-refractivity contribution in [2.45, 2.75) is 18.9 Å². The van der Waals surface area contributed by atoms with Crippen LogP contribution in [0.4, 0.5) is 5.82 Å². The Hall–Kier alpha value is -3.14. The predicted molar refractivity (Wildman–Crippen MR) is 119 cm³/mol. The minimum Gasteiger partial charge on any atom is -0.475 e. The lowest BCUT2D eigenvalue weighted by molar-refractivity contribution is 0.184. The normalized spacial score (nSPS) is 16.8. The molecule has 2 N–H and O–H groups in total. The van der Waals surface area contributed by atoms with Gasteiger partial charge in [0.25, 0.3) is 0 Å². The molecule has 5 rings (SSSR count). The van der Waals surface area contributed by atoms with Crippen LogP contribution in [0.3, 0.4) is 0 Å². The Morgan fingerprint density at radius 2 is 1.93 bits per heavy atom. The van der Waals surface area contributed by atoms with E-state index in [4.69, 9.17) is 15.5 Å². The number of para-hydroxylation sites is 1. The second-order valence-corrected chi connectivity index (χ2v) is 9.91. The highest BCUT2D eigenvalue weighted by molar-refractivity contribution is 7.91. The quantitative estimate of drug-likeness (QED) is 0.486. The van der Waals surface area contributed by atoms with Crippen molar-refractivity contribution in [3.63, 3.8) is 0 Å². The van der Waals surface area contributed by atoms with E-state index in [1.54, 1.807) is 16.9 Å². The van der Waals surface area contributed by atoms with Gasteiger partial charge in [-0.3, -0.25) is 4.98 Å². The summed E-state index contributed by atoms with van der Waals surface area (Å²) in [4.78, 5) is 9.23. The highest BCUT2D eigenvalue weighted by atomic mass is 32.2. The van der Waals surface area contributed by atoms with Crippen molar-refractivity contribution in [1.82, 2.24) is 19.6 Å². The first kappa shape index (κ1) is 18.9. The van der Waals surface area contributed by atoms with Crippen molar-refractivity contribution in [1.29, 1.82) is 0 Å². The minimum absolute atomic E-state index is 0.134. The summed E-state index contributed by atoms with van der Waals surface area (Å²) in [6, 6.07) is 9.94. The van der Waals surface area contributed by atoms with Gasteiger partial charge in [-0.2, -0.15) is 14.6 Å². The van der Waals surface area contributed by atoms with Crippen LogP contribution in [0.25, 0.3) is 27.7 Å². The second kappa shape index (κ2) is 6.98. The Labute approximate surface area is 174 Å². The fourth-order valence-electron chi connectivity index (χ4n) is 3.76. The molecule has 1 fully saturated rings. The number of sulfone groups is 1. The molecule has 0 spiro atoms. The number of nitrogens with zero attached hydrogens (tertiary/aromatic N) is 4. The summed E-state index contributed by atoms with van der Waals surface area (Å²) in [5, 5.41) is 5.43. The summed E-state index contributed by atoms with van der Waals surface area (Å²) in [5.74, 6) is 1.13. The molecule has 4 heterocycles. The van der Waals surface area contributed by atoms with Gasteiger partial charge in [-0.25, -0.2) is 8.42 Å². The largest absolute Gasteiger partial charge is 0.475 e. The van der Waals surface area contributed by atoms with Crippen LogP contribution in [-0.4, -0.2) is 53.5 Å². The highest BCUT2D eigenvalue weighted by Crippen LogP contribution is 2.28. The van der Waals surface area contributed by atoms with E-state index in [-0.39, 0.29) is 17.6 Å². The zero-order valence-electron chi connectivity index (χ0n) is 16.4. The lowest BCUT2D eigenvalue weighted by atomic mass is 9.97. The number of aromatic nitrogens is 4. The number of nitrogen functional groups attached to an aromatic ring is 1. The Kier molecular flexibility index (Phi) is 4.39. The van der Waals surface area contributed by atoms with Crippen LogP contribution in [0.2, 0.25) is 0 Å². The fraction of sp³-hybridized carbons (Fsp3) is 0.250. The van der Waals surface area contributed by atoms with Gasteiger partial charge in [0.2, 0.25) is 5.88 Å². The van der Waals surface area contributed by atoms with Gasteiger partial charge in [0.05, 0.1) is 23.2 Å². The molecule has 1 aromatic carbocycles. The molecule has 30 heavy (non-hydrogen) atoms. The van der Waals surface area contributed by atoms with Crippen molar-refractivity contribution in [3.05, 3.63) is 42.7 Å². The van der Waals surface area contributed by atoms with E-state index in [2.05, 4.69) is 10.1 Å². The molecule has 0 radical (unpaired) electrons. The predicted octanol–water partition coefficient (Wildman–Crippen LogP) is 0.741. The number of hydrogen-bond donors (Lipinski definition) is 1. The summed E-state index contributed by atoms with van der Waals surface area (Å²) in [6.45, 7) is 0. The van der Waals surface area contributed by atoms with E-state index in [0.717, 1.165) is 22.0 Å². The molecule has 8 nitrogen and oxygen atoms in total. The molecule has 10 heteroatoms. The molecule has 152 valence electrons. The van der Waals surface area contributed by atoms with Gasteiger partial charge in [-0.05, 0) is 25.0 Å². The molecule has 0 amide bonds. The molecule has 0 bridgehead atoms. The SMILES string of the molecule is Bc1c(OC2CCS(=O)(=O)CC2)nc2c(-c3cnc4ccccc4c3)cnn2c1N. The molecule has 0 atom stereocenters. The first-order valence-electron chi connectivity index (χ1n) is 9.77. The van der Waals surface area contributed by atoms with Crippen molar-refractivity contribution >= 4 is 45.5 Å². The number of fused-ring (bicyclic) bond motifs is 2. The van der Waals surface area contributed by atoms with Crippen molar-refractivity contribution < 1.29 is 13.2 Å². The highest BCUT2D eigenvalue weighted by Gasteiger charge is 2.26. The Balaban J connectivity index is 1.56. The van der Waals surface area contributed by atoms with Crippen LogP contribution in [-0.2, 0) is 9.84 Å². The van der Waals surface area contributed by atoms with Crippen LogP contribution in [0, 0.1) is 0 Å². The Morgan fingerprint density at radius 3 is 2.73 bits per heavy atom. The number of nitrogens with two attached hydrogens (primary N) is 1.